The van der Waals surface area contributed by atoms with Crippen LogP contribution < -0.4 is 0 Å². The first-order valence-electron chi connectivity index (χ1n) is 9.35. The molecule has 0 aliphatic carbocycles. The number of carbonyl (C=O) groups excluding carboxylic acids is 1. The van der Waals surface area contributed by atoms with Gasteiger partial charge in [-0.05, 0) is 29.3 Å². The Kier molecular flexibility index (Phi) is 5.66. The molecule has 152 valence electrons. The topological polar surface area (TPSA) is 69.2 Å². The van der Waals surface area contributed by atoms with E-state index in [9.17, 15) is 9.90 Å². The Morgan fingerprint density at radius 1 is 1.03 bits per heavy atom. The van der Waals surface area contributed by atoms with Gasteiger partial charge >= 0.3 is 0 Å². The van der Waals surface area contributed by atoms with Gasteiger partial charge in [-0.3, -0.25) is 9.89 Å². The van der Waals surface area contributed by atoms with Crippen molar-refractivity contribution in [1.82, 2.24) is 15.1 Å². The molecule has 1 amide bonds. The summed E-state index contributed by atoms with van der Waals surface area (Å²) >= 11 is 12.1. The molecule has 0 bridgehead atoms. The summed E-state index contributed by atoms with van der Waals surface area (Å²) in [7, 11) is 1.71. The predicted octanol–water partition coefficient (Wildman–Crippen LogP) is 5.44. The van der Waals surface area contributed by atoms with Gasteiger partial charge in [0.05, 0.1) is 21.1 Å². The van der Waals surface area contributed by atoms with Gasteiger partial charge in [-0.25, -0.2) is 0 Å². The summed E-state index contributed by atoms with van der Waals surface area (Å²) in [6.07, 6.45) is 0.533. The zero-order valence-electron chi connectivity index (χ0n) is 16.2. The van der Waals surface area contributed by atoms with Crippen LogP contribution in [-0.2, 0) is 13.0 Å². The summed E-state index contributed by atoms with van der Waals surface area (Å²) in [5.74, 6) is -0.361. The Bertz CT molecular complexity index is 1220. The van der Waals surface area contributed by atoms with E-state index in [1.54, 1.807) is 30.1 Å². The number of benzene rings is 3. The van der Waals surface area contributed by atoms with E-state index in [1.807, 2.05) is 36.4 Å². The van der Waals surface area contributed by atoms with E-state index in [-0.39, 0.29) is 17.2 Å². The predicted molar refractivity (Wildman–Crippen MR) is 119 cm³/mol. The standard InChI is InChI=1S/C23H19Cl2N3O2/c1-28(13-14-5-3-2-4-6-14)23(30)17-11-16-20(26-27-21(16)12-22(17)29)10-15-7-8-18(24)19(25)9-15/h2-9,11-12,29H,10,13H2,1H3,(H,26,27). The van der Waals surface area contributed by atoms with Crippen LogP contribution in [0.2, 0.25) is 10.0 Å². The molecule has 3 aromatic carbocycles. The van der Waals surface area contributed by atoms with Crippen LogP contribution in [0.25, 0.3) is 10.9 Å². The Morgan fingerprint density at radius 2 is 1.80 bits per heavy atom. The lowest BCUT2D eigenvalue weighted by molar-refractivity contribution is 0.0782. The van der Waals surface area contributed by atoms with Gasteiger partial charge < -0.3 is 10.0 Å². The Hall–Kier alpha value is -3.02. The monoisotopic (exact) mass is 439 g/mol. The number of nitrogens with one attached hydrogen (secondary N) is 1. The molecule has 0 unspecified atom stereocenters. The van der Waals surface area contributed by atoms with Crippen LogP contribution in [0.4, 0.5) is 0 Å². The van der Waals surface area contributed by atoms with Gasteiger partial charge in [0.15, 0.2) is 0 Å². The first-order chi connectivity index (χ1) is 14.4. The second-order valence-corrected chi connectivity index (χ2v) is 7.98. The van der Waals surface area contributed by atoms with Crippen molar-refractivity contribution in [3.8, 4) is 5.75 Å². The number of carbonyl (C=O) groups is 1. The number of aromatic nitrogens is 2. The quantitative estimate of drug-likeness (QED) is 0.434. The van der Waals surface area contributed by atoms with Crippen LogP contribution in [0.5, 0.6) is 5.75 Å². The molecule has 5 nitrogen and oxygen atoms in total. The molecular formula is C23H19Cl2N3O2. The molecule has 0 aliphatic rings. The number of hydrogen-bond donors (Lipinski definition) is 2. The van der Waals surface area contributed by atoms with E-state index in [4.69, 9.17) is 23.2 Å². The average molecular weight is 440 g/mol. The lowest BCUT2D eigenvalue weighted by Gasteiger charge is -2.18. The van der Waals surface area contributed by atoms with Crippen molar-refractivity contribution in [3.63, 3.8) is 0 Å². The largest absolute Gasteiger partial charge is 0.507 e. The number of aromatic amines is 1. The summed E-state index contributed by atoms with van der Waals surface area (Å²) < 4.78 is 0. The second kappa shape index (κ2) is 8.38. The minimum absolute atomic E-state index is 0.0972. The maximum absolute atomic E-state index is 13.0. The summed E-state index contributed by atoms with van der Waals surface area (Å²) in [4.78, 5) is 14.6. The molecule has 0 aliphatic heterocycles. The number of phenols is 1. The van der Waals surface area contributed by atoms with Crippen LogP contribution in [-0.4, -0.2) is 33.2 Å². The van der Waals surface area contributed by atoms with E-state index >= 15 is 0 Å². The molecule has 1 aromatic heterocycles. The molecule has 0 fully saturated rings. The Balaban J connectivity index is 1.64. The van der Waals surface area contributed by atoms with Crippen LogP contribution >= 0.6 is 23.2 Å². The Labute approximate surface area is 183 Å². The summed E-state index contributed by atoms with van der Waals surface area (Å²) in [5, 5.41) is 19.4. The fourth-order valence-corrected chi connectivity index (χ4v) is 3.71. The normalized spacial score (nSPS) is 11.0. The number of H-pyrrole nitrogens is 1. The number of halogens is 2. The highest BCUT2D eigenvalue weighted by molar-refractivity contribution is 6.42. The van der Waals surface area contributed by atoms with E-state index in [1.165, 1.54) is 6.07 Å². The number of aromatic hydroxyl groups is 1. The summed E-state index contributed by atoms with van der Waals surface area (Å²) in [5.41, 5.74) is 3.61. The van der Waals surface area contributed by atoms with E-state index in [0.29, 0.717) is 28.5 Å². The van der Waals surface area contributed by atoms with Gasteiger partial charge in [0.25, 0.3) is 5.91 Å². The number of fused-ring (bicyclic) bond motifs is 1. The fraction of sp³-hybridized carbons (Fsp3) is 0.130. The van der Waals surface area contributed by atoms with Gasteiger partial charge in [-0.2, -0.15) is 5.10 Å². The van der Waals surface area contributed by atoms with E-state index in [2.05, 4.69) is 10.2 Å². The molecule has 7 heteroatoms. The van der Waals surface area contributed by atoms with Gasteiger partial charge in [-0.1, -0.05) is 59.6 Å². The highest BCUT2D eigenvalue weighted by atomic mass is 35.5. The van der Waals surface area contributed by atoms with Gasteiger partial charge in [-0.15, -0.1) is 0 Å². The number of amides is 1. The van der Waals surface area contributed by atoms with Crippen molar-refractivity contribution >= 4 is 40.0 Å². The van der Waals surface area contributed by atoms with Gasteiger partial charge in [0.2, 0.25) is 0 Å². The third-order valence-corrected chi connectivity index (χ3v) is 5.69. The van der Waals surface area contributed by atoms with Crippen molar-refractivity contribution in [2.45, 2.75) is 13.0 Å². The molecule has 0 saturated carbocycles. The maximum Gasteiger partial charge on any atom is 0.257 e. The zero-order valence-corrected chi connectivity index (χ0v) is 17.7. The second-order valence-electron chi connectivity index (χ2n) is 7.16. The van der Waals surface area contributed by atoms with Gasteiger partial charge in [0.1, 0.15) is 5.75 Å². The van der Waals surface area contributed by atoms with Gasteiger partial charge in [0, 0.05) is 37.2 Å². The Morgan fingerprint density at radius 3 is 2.53 bits per heavy atom. The average Bonchev–Trinajstić information content (AvgIpc) is 3.11. The summed E-state index contributed by atoms with van der Waals surface area (Å²) in [6.45, 7) is 0.443. The van der Waals surface area contributed by atoms with Crippen molar-refractivity contribution in [3.05, 3.63) is 93.1 Å². The molecule has 1 heterocycles. The van der Waals surface area contributed by atoms with Crippen LogP contribution in [0.15, 0.2) is 60.7 Å². The van der Waals surface area contributed by atoms with E-state index < -0.39 is 0 Å². The molecule has 30 heavy (non-hydrogen) atoms. The molecule has 2 N–H and O–H groups in total. The molecule has 4 aromatic rings. The van der Waals surface area contributed by atoms with Crippen molar-refractivity contribution in [2.24, 2.45) is 0 Å². The van der Waals surface area contributed by atoms with Crippen LogP contribution in [0.1, 0.15) is 27.2 Å². The third-order valence-electron chi connectivity index (χ3n) is 4.96. The third kappa shape index (κ3) is 4.13. The van der Waals surface area contributed by atoms with E-state index in [0.717, 1.165) is 22.2 Å². The molecule has 4 rings (SSSR count). The lowest BCUT2D eigenvalue weighted by atomic mass is 10.0. The van der Waals surface area contributed by atoms with Crippen molar-refractivity contribution in [1.29, 1.82) is 0 Å². The molecule has 0 radical (unpaired) electrons. The SMILES string of the molecule is CN(Cc1ccccc1)C(=O)c1cc2c(Cc3ccc(Cl)c(Cl)c3)[nH]nc2cc1O. The maximum atomic E-state index is 13.0. The first kappa shape index (κ1) is 20.3. The fourth-order valence-electron chi connectivity index (χ4n) is 3.39. The summed E-state index contributed by atoms with van der Waals surface area (Å²) in [6, 6.07) is 18.3. The smallest absolute Gasteiger partial charge is 0.257 e. The minimum atomic E-state index is -0.264. The highest BCUT2D eigenvalue weighted by Crippen LogP contribution is 2.29. The number of nitrogens with zero attached hydrogens (tertiary/aromatic N) is 2. The van der Waals surface area contributed by atoms with Crippen molar-refractivity contribution < 1.29 is 9.90 Å². The lowest BCUT2D eigenvalue weighted by Crippen LogP contribution is -2.26. The number of rotatable bonds is 5. The number of phenolic OH excluding ortho intramolecular Hbond substituents is 1. The molecule has 0 spiro atoms. The number of hydrogen-bond acceptors (Lipinski definition) is 3. The first-order valence-corrected chi connectivity index (χ1v) is 10.1. The van der Waals surface area contributed by atoms with Crippen LogP contribution in [0.3, 0.4) is 0 Å². The molecule has 0 saturated heterocycles. The minimum Gasteiger partial charge on any atom is -0.507 e. The highest BCUT2D eigenvalue weighted by Gasteiger charge is 2.19. The van der Waals surface area contributed by atoms with Crippen LogP contribution in [0, 0.1) is 0 Å². The molecular weight excluding hydrogens is 421 g/mol. The molecule has 0 atom stereocenters. The zero-order chi connectivity index (χ0) is 21.3. The van der Waals surface area contributed by atoms with Crippen molar-refractivity contribution in [2.75, 3.05) is 7.05 Å².